The fourth-order valence-corrected chi connectivity index (χ4v) is 2.50. The molecule has 0 aromatic heterocycles. The number of rotatable bonds is 5. The van der Waals surface area contributed by atoms with Crippen LogP contribution in [0.25, 0.3) is 0 Å². The number of hydrogen-bond donors (Lipinski definition) is 2. The van der Waals surface area contributed by atoms with Gasteiger partial charge in [-0.05, 0) is 25.1 Å². The smallest absolute Gasteiger partial charge is 0.387 e. The molecule has 9 heteroatoms. The minimum absolute atomic E-state index is 0. The van der Waals surface area contributed by atoms with Crippen LogP contribution in [0.3, 0.4) is 0 Å². The van der Waals surface area contributed by atoms with E-state index in [1.54, 1.807) is 0 Å². The third-order valence-corrected chi connectivity index (χ3v) is 3.71. The number of anilines is 1. The molecule has 0 aliphatic carbocycles. The summed E-state index contributed by atoms with van der Waals surface area (Å²) in [6.07, 6.45) is 0. The number of ether oxygens (including phenoxy) is 1. The number of hydrogen-bond acceptors (Lipinski definition) is 4. The Labute approximate surface area is 144 Å². The second kappa shape index (κ2) is 9.22. The molecule has 0 saturated carbocycles. The Bertz CT molecular complexity index is 535. The normalized spacial score (nSPS) is 18.4. The summed E-state index contributed by atoms with van der Waals surface area (Å²) in [5.41, 5.74) is 0.444. The van der Waals surface area contributed by atoms with Crippen LogP contribution in [-0.2, 0) is 4.79 Å². The van der Waals surface area contributed by atoms with Crippen molar-refractivity contribution < 1.29 is 18.3 Å². The number of carbonyl (C=O) groups excluding carboxylic acids is 1. The van der Waals surface area contributed by atoms with Crippen molar-refractivity contribution in [1.29, 1.82) is 0 Å². The van der Waals surface area contributed by atoms with Gasteiger partial charge in [0.05, 0.1) is 11.6 Å². The Morgan fingerprint density at radius 1 is 1.57 bits per heavy atom. The summed E-state index contributed by atoms with van der Waals surface area (Å²) in [5.74, 6) is -0.294. The van der Waals surface area contributed by atoms with Crippen LogP contribution < -0.4 is 15.4 Å². The van der Waals surface area contributed by atoms with E-state index in [1.165, 1.54) is 18.2 Å². The third kappa shape index (κ3) is 6.10. The van der Waals surface area contributed by atoms with Crippen LogP contribution in [0.15, 0.2) is 18.2 Å². The van der Waals surface area contributed by atoms with Crippen molar-refractivity contribution in [2.45, 2.75) is 19.6 Å². The molecule has 1 saturated heterocycles. The van der Waals surface area contributed by atoms with E-state index >= 15 is 0 Å². The fourth-order valence-electron chi connectivity index (χ4n) is 2.27. The van der Waals surface area contributed by atoms with Gasteiger partial charge in [-0.15, -0.1) is 12.4 Å². The molecular formula is C14H19Cl2F2N3O2. The van der Waals surface area contributed by atoms with Crippen molar-refractivity contribution in [3.8, 4) is 5.75 Å². The molecule has 1 aromatic rings. The fraction of sp³-hybridized carbons (Fsp3) is 0.500. The molecule has 23 heavy (non-hydrogen) atoms. The number of carbonyl (C=O) groups is 1. The standard InChI is InChI=1S/C14H18ClF2N3O2.ClH/c1-9-7-18-4-5-20(9)8-13(21)19-10-2-3-12(11(15)6-10)22-14(16)17;/h2-3,6,9,14,18H,4-5,7-8H2,1H3,(H,19,21);1H/t9-;/m0./s1. The van der Waals surface area contributed by atoms with E-state index < -0.39 is 6.61 Å². The van der Waals surface area contributed by atoms with E-state index in [1.807, 2.05) is 6.92 Å². The highest BCUT2D eigenvalue weighted by atomic mass is 35.5. The van der Waals surface area contributed by atoms with Crippen LogP contribution >= 0.6 is 24.0 Å². The Hall–Kier alpha value is -1.15. The lowest BCUT2D eigenvalue weighted by Crippen LogP contribution is -2.51. The van der Waals surface area contributed by atoms with Gasteiger partial charge in [-0.25, -0.2) is 0 Å². The molecule has 5 nitrogen and oxygen atoms in total. The summed E-state index contributed by atoms with van der Waals surface area (Å²) in [5, 5.41) is 5.98. The first kappa shape index (κ1) is 19.9. The van der Waals surface area contributed by atoms with Crippen molar-refractivity contribution >= 4 is 35.6 Å². The zero-order valence-electron chi connectivity index (χ0n) is 12.5. The Kier molecular flexibility index (Phi) is 7.98. The molecule has 0 radical (unpaired) electrons. The number of nitrogens with one attached hydrogen (secondary N) is 2. The molecule has 1 aliphatic heterocycles. The average Bonchev–Trinajstić information content (AvgIpc) is 2.44. The maximum atomic E-state index is 12.1. The van der Waals surface area contributed by atoms with Gasteiger partial charge < -0.3 is 15.4 Å². The third-order valence-electron chi connectivity index (χ3n) is 3.42. The summed E-state index contributed by atoms with van der Waals surface area (Å²) in [6, 6.07) is 4.45. The number of piperazine rings is 1. The molecule has 2 N–H and O–H groups in total. The SMILES string of the molecule is C[C@H]1CNCCN1CC(=O)Nc1ccc(OC(F)F)c(Cl)c1.Cl. The van der Waals surface area contributed by atoms with Crippen molar-refractivity contribution in [3.05, 3.63) is 23.2 Å². The van der Waals surface area contributed by atoms with Crippen LogP contribution in [0.5, 0.6) is 5.75 Å². The predicted octanol–water partition coefficient (Wildman–Crippen LogP) is 2.60. The molecule has 0 bridgehead atoms. The first-order chi connectivity index (χ1) is 10.5. The summed E-state index contributed by atoms with van der Waals surface area (Å²) >= 11 is 5.84. The number of amides is 1. The highest BCUT2D eigenvalue weighted by molar-refractivity contribution is 6.32. The van der Waals surface area contributed by atoms with Gasteiger partial charge in [-0.1, -0.05) is 11.6 Å². The molecule has 1 heterocycles. The zero-order valence-corrected chi connectivity index (χ0v) is 14.1. The molecule has 2 rings (SSSR count). The maximum Gasteiger partial charge on any atom is 0.387 e. The largest absolute Gasteiger partial charge is 0.433 e. The van der Waals surface area contributed by atoms with Crippen molar-refractivity contribution in [2.24, 2.45) is 0 Å². The van der Waals surface area contributed by atoms with E-state index in [2.05, 4.69) is 20.3 Å². The lowest BCUT2D eigenvalue weighted by atomic mass is 10.2. The average molecular weight is 370 g/mol. The summed E-state index contributed by atoms with van der Waals surface area (Å²) in [7, 11) is 0. The zero-order chi connectivity index (χ0) is 16.1. The topological polar surface area (TPSA) is 53.6 Å². The number of benzene rings is 1. The second-order valence-electron chi connectivity index (χ2n) is 5.10. The van der Waals surface area contributed by atoms with Crippen LogP contribution in [0, 0.1) is 0 Å². The second-order valence-corrected chi connectivity index (χ2v) is 5.50. The quantitative estimate of drug-likeness (QED) is 0.837. The molecule has 1 fully saturated rings. The van der Waals surface area contributed by atoms with Gasteiger partial charge in [-0.2, -0.15) is 8.78 Å². The van der Waals surface area contributed by atoms with Crippen LogP contribution in [-0.4, -0.2) is 49.6 Å². The minimum atomic E-state index is -2.94. The highest BCUT2D eigenvalue weighted by Gasteiger charge is 2.20. The van der Waals surface area contributed by atoms with Crippen LogP contribution in [0.2, 0.25) is 5.02 Å². The summed E-state index contributed by atoms with van der Waals surface area (Å²) in [4.78, 5) is 14.1. The van der Waals surface area contributed by atoms with E-state index in [4.69, 9.17) is 11.6 Å². The van der Waals surface area contributed by atoms with Gasteiger partial charge in [0.25, 0.3) is 0 Å². The molecular weight excluding hydrogens is 351 g/mol. The molecule has 1 aromatic carbocycles. The van der Waals surface area contributed by atoms with E-state index in [-0.39, 0.29) is 41.7 Å². The monoisotopic (exact) mass is 369 g/mol. The lowest BCUT2D eigenvalue weighted by Gasteiger charge is -2.33. The van der Waals surface area contributed by atoms with Gasteiger partial charge >= 0.3 is 6.61 Å². The van der Waals surface area contributed by atoms with Crippen molar-refractivity contribution in [2.75, 3.05) is 31.5 Å². The van der Waals surface area contributed by atoms with Gasteiger partial charge in [0.1, 0.15) is 5.75 Å². The van der Waals surface area contributed by atoms with Crippen molar-refractivity contribution in [1.82, 2.24) is 10.2 Å². The Morgan fingerprint density at radius 2 is 2.30 bits per heavy atom. The van der Waals surface area contributed by atoms with Crippen LogP contribution in [0.1, 0.15) is 6.92 Å². The lowest BCUT2D eigenvalue weighted by molar-refractivity contribution is -0.118. The molecule has 130 valence electrons. The van der Waals surface area contributed by atoms with Gasteiger partial charge in [0.15, 0.2) is 0 Å². The molecule has 1 amide bonds. The maximum absolute atomic E-state index is 12.1. The summed E-state index contributed by atoms with van der Waals surface area (Å²) < 4.78 is 28.5. The predicted molar refractivity (Wildman–Crippen MR) is 87.9 cm³/mol. The van der Waals surface area contributed by atoms with Gasteiger partial charge in [0.2, 0.25) is 5.91 Å². The molecule has 1 aliphatic rings. The van der Waals surface area contributed by atoms with Crippen molar-refractivity contribution in [3.63, 3.8) is 0 Å². The highest BCUT2D eigenvalue weighted by Crippen LogP contribution is 2.28. The minimum Gasteiger partial charge on any atom is -0.433 e. The number of halogens is 4. The molecule has 0 spiro atoms. The van der Waals surface area contributed by atoms with Gasteiger partial charge in [-0.3, -0.25) is 9.69 Å². The van der Waals surface area contributed by atoms with E-state index in [0.29, 0.717) is 5.69 Å². The first-order valence-corrected chi connectivity index (χ1v) is 7.32. The summed E-state index contributed by atoms with van der Waals surface area (Å²) in [6.45, 7) is 1.88. The Balaban J connectivity index is 0.00000264. The van der Waals surface area contributed by atoms with Gasteiger partial charge in [0, 0.05) is 31.4 Å². The first-order valence-electron chi connectivity index (χ1n) is 6.94. The van der Waals surface area contributed by atoms with E-state index in [9.17, 15) is 13.6 Å². The molecule has 0 unspecified atom stereocenters. The number of nitrogens with zero attached hydrogens (tertiary/aromatic N) is 1. The Morgan fingerprint density at radius 3 is 2.91 bits per heavy atom. The van der Waals surface area contributed by atoms with Crippen LogP contribution in [0.4, 0.5) is 14.5 Å². The van der Waals surface area contributed by atoms with E-state index in [0.717, 1.165) is 19.6 Å². The number of alkyl halides is 2. The molecule has 1 atom stereocenters.